The second-order valence-electron chi connectivity index (χ2n) is 6.45. The maximum absolute atomic E-state index is 5.97. The summed E-state index contributed by atoms with van der Waals surface area (Å²) >= 11 is 0. The van der Waals surface area contributed by atoms with Gasteiger partial charge in [-0.1, -0.05) is 6.92 Å². The largest absolute Gasteiger partial charge is 0.464 e. The lowest BCUT2D eigenvalue weighted by Gasteiger charge is -2.29. The monoisotopic (exact) mass is 313 g/mol. The van der Waals surface area contributed by atoms with Crippen molar-refractivity contribution in [3.8, 4) is 0 Å². The van der Waals surface area contributed by atoms with Gasteiger partial charge in [0.25, 0.3) is 0 Å². The zero-order valence-electron chi connectivity index (χ0n) is 13.5. The number of rotatable bonds is 5. The van der Waals surface area contributed by atoms with E-state index in [0.717, 1.165) is 55.2 Å². The molecule has 3 heterocycles. The van der Waals surface area contributed by atoms with Crippen molar-refractivity contribution < 1.29 is 9.15 Å². The van der Waals surface area contributed by atoms with Crippen molar-refractivity contribution in [3.05, 3.63) is 42.0 Å². The Labute approximate surface area is 136 Å². The SMILES string of the molecule is C[C@@H]1C[C@@H]1c1ccc(CNc2cccnc2N2CCOCC2)o1. The van der Waals surface area contributed by atoms with Crippen molar-refractivity contribution >= 4 is 11.5 Å². The summed E-state index contributed by atoms with van der Waals surface area (Å²) in [5.41, 5.74) is 1.05. The van der Waals surface area contributed by atoms with Crippen LogP contribution in [0.4, 0.5) is 11.5 Å². The zero-order valence-corrected chi connectivity index (χ0v) is 13.5. The molecular weight excluding hydrogens is 290 g/mol. The van der Waals surface area contributed by atoms with E-state index >= 15 is 0 Å². The number of aromatic nitrogens is 1. The van der Waals surface area contributed by atoms with Crippen LogP contribution in [0, 0.1) is 5.92 Å². The highest BCUT2D eigenvalue weighted by molar-refractivity contribution is 5.65. The van der Waals surface area contributed by atoms with Crippen molar-refractivity contribution in [2.45, 2.75) is 25.8 Å². The fourth-order valence-electron chi connectivity index (χ4n) is 3.15. The molecule has 2 atom stereocenters. The number of nitrogens with zero attached hydrogens (tertiary/aromatic N) is 2. The highest BCUT2D eigenvalue weighted by atomic mass is 16.5. The van der Waals surface area contributed by atoms with E-state index in [1.807, 2.05) is 12.3 Å². The van der Waals surface area contributed by atoms with Crippen LogP contribution in [0.1, 0.15) is 30.8 Å². The fourth-order valence-corrected chi connectivity index (χ4v) is 3.15. The lowest BCUT2D eigenvalue weighted by Crippen LogP contribution is -2.37. The van der Waals surface area contributed by atoms with Crippen molar-refractivity contribution in [2.75, 3.05) is 36.5 Å². The Kier molecular flexibility index (Phi) is 3.95. The maximum atomic E-state index is 5.97. The summed E-state index contributed by atoms with van der Waals surface area (Å²) in [4.78, 5) is 6.81. The third-order valence-corrected chi connectivity index (χ3v) is 4.71. The minimum atomic E-state index is 0.631. The number of hydrogen-bond donors (Lipinski definition) is 1. The van der Waals surface area contributed by atoms with Gasteiger partial charge in [-0.25, -0.2) is 4.98 Å². The van der Waals surface area contributed by atoms with E-state index in [2.05, 4.69) is 40.3 Å². The number of anilines is 2. The first kappa shape index (κ1) is 14.6. The van der Waals surface area contributed by atoms with Gasteiger partial charge in [-0.15, -0.1) is 0 Å². The van der Waals surface area contributed by atoms with E-state index in [1.165, 1.54) is 6.42 Å². The average Bonchev–Trinajstić information content (AvgIpc) is 3.15. The third kappa shape index (κ3) is 3.20. The van der Waals surface area contributed by atoms with E-state index in [4.69, 9.17) is 9.15 Å². The van der Waals surface area contributed by atoms with Gasteiger partial charge in [0.05, 0.1) is 25.4 Å². The van der Waals surface area contributed by atoms with Crippen molar-refractivity contribution in [1.82, 2.24) is 4.98 Å². The van der Waals surface area contributed by atoms with Gasteiger partial charge in [-0.2, -0.15) is 0 Å². The molecule has 4 rings (SSSR count). The normalized spacial score (nSPS) is 23.8. The van der Waals surface area contributed by atoms with Crippen LogP contribution in [0.3, 0.4) is 0 Å². The number of hydrogen-bond acceptors (Lipinski definition) is 5. The number of furan rings is 1. The van der Waals surface area contributed by atoms with E-state index in [1.54, 1.807) is 0 Å². The predicted octanol–water partition coefficient (Wildman–Crippen LogP) is 3.25. The van der Waals surface area contributed by atoms with Gasteiger partial charge in [0.15, 0.2) is 5.82 Å². The number of nitrogens with one attached hydrogen (secondary N) is 1. The molecule has 0 aromatic carbocycles. The van der Waals surface area contributed by atoms with Gasteiger partial charge in [-0.3, -0.25) is 0 Å². The molecule has 122 valence electrons. The highest BCUT2D eigenvalue weighted by Gasteiger charge is 2.36. The van der Waals surface area contributed by atoms with Crippen LogP contribution < -0.4 is 10.2 Å². The third-order valence-electron chi connectivity index (χ3n) is 4.71. The molecule has 1 saturated heterocycles. The Morgan fingerprint density at radius 3 is 2.87 bits per heavy atom. The quantitative estimate of drug-likeness (QED) is 0.918. The molecular formula is C18H23N3O2. The Morgan fingerprint density at radius 2 is 2.09 bits per heavy atom. The number of morpholine rings is 1. The molecule has 0 spiro atoms. The van der Waals surface area contributed by atoms with E-state index in [9.17, 15) is 0 Å². The molecule has 2 fully saturated rings. The first-order chi connectivity index (χ1) is 11.3. The zero-order chi connectivity index (χ0) is 15.6. The Bertz CT molecular complexity index is 664. The smallest absolute Gasteiger partial charge is 0.152 e. The molecule has 0 amide bonds. The minimum Gasteiger partial charge on any atom is -0.464 e. The van der Waals surface area contributed by atoms with Crippen molar-refractivity contribution in [1.29, 1.82) is 0 Å². The molecule has 0 unspecified atom stereocenters. The van der Waals surface area contributed by atoms with Gasteiger partial charge in [0.1, 0.15) is 11.5 Å². The van der Waals surface area contributed by atoms with Gasteiger partial charge in [-0.05, 0) is 36.6 Å². The van der Waals surface area contributed by atoms with Crippen molar-refractivity contribution in [2.24, 2.45) is 5.92 Å². The summed E-state index contributed by atoms with van der Waals surface area (Å²) in [5.74, 6) is 4.52. The van der Waals surface area contributed by atoms with Crippen LogP contribution >= 0.6 is 0 Å². The predicted molar refractivity (Wildman–Crippen MR) is 89.8 cm³/mol. The molecule has 2 aromatic heterocycles. The van der Waals surface area contributed by atoms with E-state index in [0.29, 0.717) is 12.5 Å². The van der Waals surface area contributed by atoms with E-state index < -0.39 is 0 Å². The first-order valence-corrected chi connectivity index (χ1v) is 8.41. The van der Waals surface area contributed by atoms with Gasteiger partial charge in [0.2, 0.25) is 0 Å². The number of pyridine rings is 1. The molecule has 1 saturated carbocycles. The molecule has 1 aliphatic heterocycles. The maximum Gasteiger partial charge on any atom is 0.152 e. The van der Waals surface area contributed by atoms with Gasteiger partial charge < -0.3 is 19.4 Å². The Morgan fingerprint density at radius 1 is 1.26 bits per heavy atom. The average molecular weight is 313 g/mol. The summed E-state index contributed by atoms with van der Waals surface area (Å²) in [6, 6.07) is 8.24. The standard InChI is InChI=1S/C18H23N3O2/c1-13-11-15(13)17-5-4-14(23-17)12-20-16-3-2-6-19-18(16)21-7-9-22-10-8-21/h2-6,13,15,20H,7-12H2,1H3/t13-,15+/m1/s1. The van der Waals surface area contributed by atoms with Crippen LogP contribution in [-0.4, -0.2) is 31.3 Å². The first-order valence-electron chi connectivity index (χ1n) is 8.41. The number of ether oxygens (including phenoxy) is 1. The van der Waals surface area contributed by atoms with Crippen LogP contribution in [-0.2, 0) is 11.3 Å². The topological polar surface area (TPSA) is 50.5 Å². The van der Waals surface area contributed by atoms with E-state index in [-0.39, 0.29) is 0 Å². The molecule has 2 aromatic rings. The molecule has 0 bridgehead atoms. The molecule has 1 aliphatic carbocycles. The molecule has 23 heavy (non-hydrogen) atoms. The molecule has 5 heteroatoms. The fraction of sp³-hybridized carbons (Fsp3) is 0.500. The molecule has 2 aliphatic rings. The van der Waals surface area contributed by atoms with Gasteiger partial charge >= 0.3 is 0 Å². The lowest BCUT2D eigenvalue weighted by molar-refractivity contribution is 0.122. The summed E-state index contributed by atoms with van der Waals surface area (Å²) in [5, 5.41) is 3.47. The van der Waals surface area contributed by atoms with Crippen LogP contribution in [0.15, 0.2) is 34.9 Å². The van der Waals surface area contributed by atoms with Crippen molar-refractivity contribution in [3.63, 3.8) is 0 Å². The second kappa shape index (κ2) is 6.24. The highest BCUT2D eigenvalue weighted by Crippen LogP contribution is 2.47. The summed E-state index contributed by atoms with van der Waals surface area (Å²) in [7, 11) is 0. The second-order valence-corrected chi connectivity index (χ2v) is 6.45. The summed E-state index contributed by atoms with van der Waals surface area (Å²) in [6.07, 6.45) is 3.10. The molecule has 0 radical (unpaired) electrons. The van der Waals surface area contributed by atoms with Crippen LogP contribution in [0.5, 0.6) is 0 Å². The Balaban J connectivity index is 1.43. The molecule has 1 N–H and O–H groups in total. The molecule has 5 nitrogen and oxygen atoms in total. The Hall–Kier alpha value is -2.01. The van der Waals surface area contributed by atoms with Crippen LogP contribution in [0.25, 0.3) is 0 Å². The summed E-state index contributed by atoms with van der Waals surface area (Å²) in [6.45, 7) is 6.25. The minimum absolute atomic E-state index is 0.631. The van der Waals surface area contributed by atoms with Gasteiger partial charge in [0, 0.05) is 25.2 Å². The van der Waals surface area contributed by atoms with Crippen LogP contribution in [0.2, 0.25) is 0 Å². The summed E-state index contributed by atoms with van der Waals surface area (Å²) < 4.78 is 11.4. The lowest BCUT2D eigenvalue weighted by atomic mass is 10.3.